The van der Waals surface area contributed by atoms with E-state index in [-0.39, 0.29) is 25.0 Å². The third kappa shape index (κ3) is 5.75. The van der Waals surface area contributed by atoms with Gasteiger partial charge in [-0.05, 0) is 63.4 Å². The molecule has 7 heteroatoms. The Morgan fingerprint density at radius 1 is 1.24 bits per heavy atom. The predicted octanol–water partition coefficient (Wildman–Crippen LogP) is 1.01. The second-order valence-electron chi connectivity index (χ2n) is 8.64. The molecule has 0 radical (unpaired) electrons. The standard InChI is InChI=1S/C22H36N4O3/c1-2-22(16-27,17-28)24-21(29)19-6-4-10-26(15-19)20-7-11-25(12-8-20)14-18-5-3-9-23-13-18/h3,5,9,13,19-20,27-28H,2,4,6-8,10-12,14-17H2,1H3,(H,24,29)/t19-/m1/s1. The first-order chi connectivity index (χ1) is 14.1. The summed E-state index contributed by atoms with van der Waals surface area (Å²) in [5.74, 6) is -0.102. The molecule has 1 aromatic rings. The Bertz CT molecular complexity index is 622. The minimum absolute atomic E-state index is 0.0336. The van der Waals surface area contributed by atoms with Gasteiger partial charge in [-0.15, -0.1) is 0 Å². The molecule has 3 N–H and O–H groups in total. The quantitative estimate of drug-likeness (QED) is 0.599. The number of piperidine rings is 2. The first-order valence-corrected chi connectivity index (χ1v) is 11.0. The monoisotopic (exact) mass is 404 g/mol. The van der Waals surface area contributed by atoms with Crippen LogP contribution in [0.15, 0.2) is 24.5 Å². The number of rotatable bonds is 8. The number of aliphatic hydroxyl groups excluding tert-OH is 2. The summed E-state index contributed by atoms with van der Waals surface area (Å²) in [6.07, 6.45) is 8.41. The Morgan fingerprint density at radius 2 is 2.00 bits per heavy atom. The van der Waals surface area contributed by atoms with Crippen LogP contribution >= 0.6 is 0 Å². The molecular formula is C22H36N4O3. The van der Waals surface area contributed by atoms with Crippen molar-refractivity contribution in [2.45, 2.75) is 57.2 Å². The zero-order valence-electron chi connectivity index (χ0n) is 17.6. The Labute approximate surface area is 174 Å². The molecule has 7 nitrogen and oxygen atoms in total. The summed E-state index contributed by atoms with van der Waals surface area (Å²) >= 11 is 0. The topological polar surface area (TPSA) is 88.9 Å². The maximum absolute atomic E-state index is 12.8. The highest BCUT2D eigenvalue weighted by Gasteiger charge is 2.35. The van der Waals surface area contributed by atoms with Gasteiger partial charge >= 0.3 is 0 Å². The molecule has 2 aliphatic heterocycles. The molecule has 162 valence electrons. The largest absolute Gasteiger partial charge is 0.394 e. The molecule has 0 aliphatic carbocycles. The van der Waals surface area contributed by atoms with Crippen LogP contribution in [-0.2, 0) is 11.3 Å². The van der Waals surface area contributed by atoms with E-state index in [4.69, 9.17) is 0 Å². The summed E-state index contributed by atoms with van der Waals surface area (Å²) in [5.41, 5.74) is 0.351. The molecule has 1 amide bonds. The zero-order chi connectivity index (χ0) is 20.7. The normalized spacial score (nSPS) is 22.5. The highest BCUT2D eigenvalue weighted by atomic mass is 16.3. The van der Waals surface area contributed by atoms with Crippen molar-refractivity contribution in [3.05, 3.63) is 30.1 Å². The Kier molecular flexibility index (Phi) is 8.00. The summed E-state index contributed by atoms with van der Waals surface area (Å²) in [6, 6.07) is 4.64. The summed E-state index contributed by atoms with van der Waals surface area (Å²) in [5, 5.41) is 22.2. The van der Waals surface area contributed by atoms with E-state index in [0.717, 1.165) is 58.4 Å². The van der Waals surface area contributed by atoms with E-state index >= 15 is 0 Å². The fourth-order valence-corrected chi connectivity index (χ4v) is 4.55. The maximum Gasteiger partial charge on any atom is 0.224 e. The van der Waals surface area contributed by atoms with Crippen LogP contribution in [0.4, 0.5) is 0 Å². The van der Waals surface area contributed by atoms with Crippen molar-refractivity contribution in [1.29, 1.82) is 0 Å². The number of carbonyl (C=O) groups is 1. The van der Waals surface area contributed by atoms with Crippen molar-refractivity contribution in [3.8, 4) is 0 Å². The summed E-state index contributed by atoms with van der Waals surface area (Å²) in [6.45, 7) is 6.31. The second-order valence-corrected chi connectivity index (χ2v) is 8.64. The molecule has 0 unspecified atom stereocenters. The molecule has 2 fully saturated rings. The van der Waals surface area contributed by atoms with Crippen LogP contribution in [0.1, 0.15) is 44.6 Å². The molecule has 0 bridgehead atoms. The van der Waals surface area contributed by atoms with Gasteiger partial charge in [0.1, 0.15) is 0 Å². The number of aliphatic hydroxyl groups is 2. The van der Waals surface area contributed by atoms with Crippen LogP contribution in [0.25, 0.3) is 0 Å². The molecule has 29 heavy (non-hydrogen) atoms. The summed E-state index contributed by atoms with van der Waals surface area (Å²) < 4.78 is 0. The smallest absolute Gasteiger partial charge is 0.224 e. The lowest BCUT2D eigenvalue weighted by Gasteiger charge is -2.42. The maximum atomic E-state index is 12.8. The minimum Gasteiger partial charge on any atom is -0.394 e. The third-order valence-electron chi connectivity index (χ3n) is 6.70. The van der Waals surface area contributed by atoms with E-state index in [2.05, 4.69) is 26.2 Å². The number of carbonyl (C=O) groups excluding carboxylic acids is 1. The van der Waals surface area contributed by atoms with Gasteiger partial charge in [-0.1, -0.05) is 13.0 Å². The van der Waals surface area contributed by atoms with Gasteiger partial charge < -0.3 is 15.5 Å². The minimum atomic E-state index is -0.906. The lowest BCUT2D eigenvalue weighted by molar-refractivity contribution is -0.130. The van der Waals surface area contributed by atoms with Gasteiger partial charge in [-0.3, -0.25) is 19.6 Å². The van der Waals surface area contributed by atoms with E-state index < -0.39 is 5.54 Å². The molecule has 1 aromatic heterocycles. The van der Waals surface area contributed by atoms with Gasteiger partial charge in [0.05, 0.1) is 24.7 Å². The van der Waals surface area contributed by atoms with E-state index in [0.29, 0.717) is 12.5 Å². The highest BCUT2D eigenvalue weighted by Crippen LogP contribution is 2.25. The van der Waals surface area contributed by atoms with Crippen molar-refractivity contribution >= 4 is 5.91 Å². The van der Waals surface area contributed by atoms with Crippen molar-refractivity contribution in [2.24, 2.45) is 5.92 Å². The fraction of sp³-hybridized carbons (Fsp3) is 0.727. The lowest BCUT2D eigenvalue weighted by atomic mass is 9.91. The molecular weight excluding hydrogens is 368 g/mol. The van der Waals surface area contributed by atoms with Crippen LogP contribution in [0, 0.1) is 5.92 Å². The molecule has 0 saturated carbocycles. The first-order valence-electron chi connectivity index (χ1n) is 11.0. The Balaban J connectivity index is 1.49. The first kappa shape index (κ1) is 22.2. The number of amides is 1. The van der Waals surface area contributed by atoms with Crippen LogP contribution in [-0.4, -0.2) is 81.9 Å². The molecule has 3 heterocycles. The number of hydrogen-bond donors (Lipinski definition) is 3. The number of nitrogens with zero attached hydrogens (tertiary/aromatic N) is 3. The van der Waals surface area contributed by atoms with Crippen molar-refractivity contribution in [2.75, 3.05) is 39.4 Å². The van der Waals surface area contributed by atoms with Gasteiger partial charge in [-0.25, -0.2) is 0 Å². The molecule has 0 spiro atoms. The van der Waals surface area contributed by atoms with Crippen LogP contribution in [0.3, 0.4) is 0 Å². The molecule has 2 saturated heterocycles. The van der Waals surface area contributed by atoms with Crippen molar-refractivity contribution in [3.63, 3.8) is 0 Å². The number of hydrogen-bond acceptors (Lipinski definition) is 6. The molecule has 2 aliphatic rings. The van der Waals surface area contributed by atoms with E-state index in [1.54, 1.807) is 0 Å². The Hall–Kier alpha value is -1.54. The fourth-order valence-electron chi connectivity index (χ4n) is 4.55. The number of nitrogens with one attached hydrogen (secondary N) is 1. The molecule has 3 rings (SSSR count). The highest BCUT2D eigenvalue weighted by molar-refractivity contribution is 5.79. The average molecular weight is 405 g/mol. The van der Waals surface area contributed by atoms with Crippen LogP contribution in [0.2, 0.25) is 0 Å². The third-order valence-corrected chi connectivity index (χ3v) is 6.70. The molecule has 1 atom stereocenters. The van der Waals surface area contributed by atoms with Crippen LogP contribution < -0.4 is 5.32 Å². The average Bonchev–Trinajstić information content (AvgIpc) is 2.79. The second kappa shape index (κ2) is 10.5. The molecule has 0 aromatic carbocycles. The van der Waals surface area contributed by atoms with Crippen LogP contribution in [0.5, 0.6) is 0 Å². The van der Waals surface area contributed by atoms with Gasteiger partial charge in [0.15, 0.2) is 0 Å². The summed E-state index contributed by atoms with van der Waals surface area (Å²) in [4.78, 5) is 22.0. The van der Waals surface area contributed by atoms with Crippen molar-refractivity contribution < 1.29 is 15.0 Å². The SMILES string of the molecule is CCC(CO)(CO)NC(=O)[C@@H]1CCCN(C2CCN(Cc3cccnc3)CC2)C1. The van der Waals surface area contributed by atoms with Gasteiger partial charge in [0, 0.05) is 31.5 Å². The zero-order valence-corrected chi connectivity index (χ0v) is 17.6. The van der Waals surface area contributed by atoms with Gasteiger partial charge in [0.25, 0.3) is 0 Å². The number of pyridine rings is 1. The Morgan fingerprint density at radius 3 is 2.62 bits per heavy atom. The number of likely N-dealkylation sites (tertiary alicyclic amines) is 2. The van der Waals surface area contributed by atoms with E-state index in [1.165, 1.54) is 5.56 Å². The predicted molar refractivity (Wildman–Crippen MR) is 112 cm³/mol. The van der Waals surface area contributed by atoms with Gasteiger partial charge in [0.2, 0.25) is 5.91 Å². The van der Waals surface area contributed by atoms with Gasteiger partial charge in [-0.2, -0.15) is 0 Å². The van der Waals surface area contributed by atoms with E-state index in [9.17, 15) is 15.0 Å². The summed E-state index contributed by atoms with van der Waals surface area (Å²) in [7, 11) is 0. The lowest BCUT2D eigenvalue weighted by Crippen LogP contribution is -2.57. The van der Waals surface area contributed by atoms with Crippen molar-refractivity contribution in [1.82, 2.24) is 20.1 Å². The number of aromatic nitrogens is 1. The van der Waals surface area contributed by atoms with E-state index in [1.807, 2.05) is 25.4 Å².